The van der Waals surface area contributed by atoms with Gasteiger partial charge in [-0.3, -0.25) is 9.59 Å². The molecule has 0 saturated carbocycles. The van der Waals surface area contributed by atoms with Crippen LogP contribution in [0.25, 0.3) is 0 Å². The van der Waals surface area contributed by atoms with E-state index < -0.39 is 9.84 Å². The highest BCUT2D eigenvalue weighted by atomic mass is 32.2. The van der Waals surface area contributed by atoms with Crippen molar-refractivity contribution in [2.45, 2.75) is 47.6 Å². The minimum absolute atomic E-state index is 0.111. The van der Waals surface area contributed by atoms with Crippen molar-refractivity contribution in [3.63, 3.8) is 0 Å². The summed E-state index contributed by atoms with van der Waals surface area (Å²) < 4.78 is 25.4. The van der Waals surface area contributed by atoms with E-state index in [-0.39, 0.29) is 40.1 Å². The summed E-state index contributed by atoms with van der Waals surface area (Å²) in [6, 6.07) is 14.6. The molecule has 0 unspecified atom stereocenters. The van der Waals surface area contributed by atoms with Crippen molar-refractivity contribution in [2.24, 2.45) is 0 Å². The lowest BCUT2D eigenvalue weighted by Gasteiger charge is -2.23. The molecule has 30 heavy (non-hydrogen) atoms. The number of rotatable bonds is 8. The van der Waals surface area contributed by atoms with E-state index in [4.69, 9.17) is 0 Å². The van der Waals surface area contributed by atoms with Gasteiger partial charge in [-0.15, -0.1) is 11.8 Å². The first-order valence-electron chi connectivity index (χ1n) is 9.96. The number of fused-ring (bicyclic) bond motifs is 1. The molecule has 0 aliphatic carbocycles. The molecule has 1 heterocycles. The van der Waals surface area contributed by atoms with Gasteiger partial charge in [0.25, 0.3) is 0 Å². The second-order valence-corrected chi connectivity index (χ2v) is 10.7. The van der Waals surface area contributed by atoms with Crippen molar-refractivity contribution < 1.29 is 18.0 Å². The summed E-state index contributed by atoms with van der Waals surface area (Å²) in [5, 5.41) is 5.43. The van der Waals surface area contributed by atoms with Gasteiger partial charge in [0.15, 0.2) is 9.84 Å². The number of nitrogens with one attached hydrogen (secondary N) is 2. The van der Waals surface area contributed by atoms with Gasteiger partial charge >= 0.3 is 0 Å². The van der Waals surface area contributed by atoms with Gasteiger partial charge in [-0.25, -0.2) is 8.42 Å². The van der Waals surface area contributed by atoms with Crippen LogP contribution in [0.3, 0.4) is 0 Å². The van der Waals surface area contributed by atoms with Crippen molar-refractivity contribution in [3.05, 3.63) is 54.1 Å². The number of anilines is 1. The van der Waals surface area contributed by atoms with Crippen LogP contribution in [0.1, 0.15) is 38.2 Å². The Hall–Kier alpha value is -2.32. The van der Waals surface area contributed by atoms with Crippen LogP contribution in [0.2, 0.25) is 0 Å². The summed E-state index contributed by atoms with van der Waals surface area (Å²) in [5.74, 6) is -0.554. The highest BCUT2D eigenvalue weighted by Crippen LogP contribution is 2.38. The molecule has 0 bridgehead atoms. The fourth-order valence-corrected chi connectivity index (χ4v) is 5.48. The van der Waals surface area contributed by atoms with Crippen LogP contribution in [0.15, 0.2) is 58.3 Å². The zero-order valence-corrected chi connectivity index (χ0v) is 18.7. The van der Waals surface area contributed by atoms with Crippen LogP contribution in [0.4, 0.5) is 5.69 Å². The maximum atomic E-state index is 12.7. The van der Waals surface area contributed by atoms with Crippen LogP contribution >= 0.6 is 11.8 Å². The number of hydrogen-bond donors (Lipinski definition) is 2. The lowest BCUT2D eigenvalue weighted by Crippen LogP contribution is -2.29. The third-order valence-electron chi connectivity index (χ3n) is 5.07. The molecular weight excluding hydrogens is 420 g/mol. The Morgan fingerprint density at radius 2 is 1.93 bits per heavy atom. The smallest absolute Gasteiger partial charge is 0.237 e. The van der Waals surface area contributed by atoms with E-state index in [1.165, 1.54) is 17.8 Å². The van der Waals surface area contributed by atoms with Gasteiger partial charge in [-0.1, -0.05) is 44.2 Å². The molecule has 8 heteroatoms. The molecule has 160 valence electrons. The molecule has 2 atom stereocenters. The molecule has 0 spiro atoms. The number of sulfone groups is 1. The molecule has 6 nitrogen and oxygen atoms in total. The van der Waals surface area contributed by atoms with Crippen molar-refractivity contribution >= 4 is 39.1 Å². The van der Waals surface area contributed by atoms with Crippen LogP contribution in [-0.2, 0) is 19.4 Å². The molecule has 2 aromatic carbocycles. The molecule has 0 fully saturated rings. The summed E-state index contributed by atoms with van der Waals surface area (Å²) in [6.45, 7) is 4.39. The Bertz CT molecular complexity index is 1020. The molecule has 0 aromatic heterocycles. The Balaban J connectivity index is 1.57. The zero-order chi connectivity index (χ0) is 21.7. The van der Waals surface area contributed by atoms with E-state index in [1.54, 1.807) is 12.1 Å². The predicted molar refractivity (Wildman–Crippen MR) is 120 cm³/mol. The van der Waals surface area contributed by atoms with E-state index in [9.17, 15) is 18.0 Å². The SMILES string of the molecule is CC[C@H]1Sc2ccc(S(=O)(=O)CCC(=O)NC[C@H](C)c3ccccc3)cc2NC1=O. The molecule has 0 radical (unpaired) electrons. The third-order valence-corrected chi connectivity index (χ3v) is 8.23. The zero-order valence-electron chi connectivity index (χ0n) is 17.1. The van der Waals surface area contributed by atoms with Crippen molar-refractivity contribution in [1.29, 1.82) is 0 Å². The number of carbonyl (C=O) groups is 2. The van der Waals surface area contributed by atoms with Gasteiger partial charge in [0, 0.05) is 17.9 Å². The van der Waals surface area contributed by atoms with Crippen molar-refractivity contribution in [1.82, 2.24) is 5.32 Å². The van der Waals surface area contributed by atoms with Gasteiger partial charge < -0.3 is 10.6 Å². The Kier molecular flexibility index (Phi) is 7.20. The molecule has 2 N–H and O–H groups in total. The highest BCUT2D eigenvalue weighted by molar-refractivity contribution is 8.01. The van der Waals surface area contributed by atoms with Crippen LogP contribution in [0.5, 0.6) is 0 Å². The average Bonchev–Trinajstić information content (AvgIpc) is 2.75. The van der Waals surface area contributed by atoms with Crippen LogP contribution in [0, 0.1) is 0 Å². The topological polar surface area (TPSA) is 92.3 Å². The quantitative estimate of drug-likeness (QED) is 0.646. The summed E-state index contributed by atoms with van der Waals surface area (Å²) in [6.07, 6.45) is 0.591. The Morgan fingerprint density at radius 1 is 1.20 bits per heavy atom. The third kappa shape index (κ3) is 5.43. The predicted octanol–water partition coefficient (Wildman–Crippen LogP) is 3.59. The van der Waals surface area contributed by atoms with E-state index in [0.29, 0.717) is 18.7 Å². The number of hydrogen-bond acceptors (Lipinski definition) is 5. The van der Waals surface area contributed by atoms with E-state index in [2.05, 4.69) is 10.6 Å². The second-order valence-electron chi connectivity index (χ2n) is 7.35. The van der Waals surface area contributed by atoms with Gasteiger partial charge in [0.2, 0.25) is 11.8 Å². The van der Waals surface area contributed by atoms with Gasteiger partial charge in [-0.2, -0.15) is 0 Å². The van der Waals surface area contributed by atoms with E-state index in [1.807, 2.05) is 44.2 Å². The molecule has 2 amide bonds. The highest BCUT2D eigenvalue weighted by Gasteiger charge is 2.27. The molecule has 1 aliphatic heterocycles. The summed E-state index contributed by atoms with van der Waals surface area (Å²) in [4.78, 5) is 25.2. The Morgan fingerprint density at radius 3 is 2.63 bits per heavy atom. The second kappa shape index (κ2) is 9.66. The van der Waals surface area contributed by atoms with E-state index >= 15 is 0 Å². The molecular formula is C22H26N2O4S2. The normalized spacial score (nSPS) is 17.0. The van der Waals surface area contributed by atoms with Gasteiger partial charge in [-0.05, 0) is 36.1 Å². The molecule has 1 aliphatic rings. The summed E-state index contributed by atoms with van der Waals surface area (Å²) in [5.41, 5.74) is 1.63. The lowest BCUT2D eigenvalue weighted by atomic mass is 10.0. The standard InChI is InChI=1S/C22H26N2O4S2/c1-3-19-22(26)24-18-13-17(9-10-20(18)29-19)30(27,28)12-11-21(25)23-14-15(2)16-7-5-4-6-8-16/h4-10,13,15,19H,3,11-12,14H2,1-2H3,(H,23,25)(H,24,26)/t15-,19+/m0/s1. The first-order chi connectivity index (χ1) is 14.3. The van der Waals surface area contributed by atoms with Crippen LogP contribution in [-0.4, -0.2) is 37.8 Å². The minimum atomic E-state index is -3.64. The Labute approximate surface area is 181 Å². The molecule has 0 saturated heterocycles. The van der Waals surface area contributed by atoms with Gasteiger partial charge in [0.1, 0.15) is 0 Å². The minimum Gasteiger partial charge on any atom is -0.355 e. The fourth-order valence-electron chi connectivity index (χ4n) is 3.19. The number of benzene rings is 2. The first kappa shape index (κ1) is 22.4. The molecule has 3 rings (SSSR count). The first-order valence-corrected chi connectivity index (χ1v) is 12.5. The molecule has 2 aromatic rings. The average molecular weight is 447 g/mol. The number of thioether (sulfide) groups is 1. The maximum Gasteiger partial charge on any atom is 0.237 e. The lowest BCUT2D eigenvalue weighted by molar-refractivity contribution is -0.120. The van der Waals surface area contributed by atoms with Crippen LogP contribution < -0.4 is 10.6 Å². The summed E-state index contributed by atoms with van der Waals surface area (Å²) in [7, 11) is -3.64. The van der Waals surface area contributed by atoms with Gasteiger partial charge in [0.05, 0.1) is 21.6 Å². The maximum absolute atomic E-state index is 12.7. The number of amides is 2. The largest absolute Gasteiger partial charge is 0.355 e. The number of carbonyl (C=O) groups excluding carboxylic acids is 2. The summed E-state index contributed by atoms with van der Waals surface area (Å²) >= 11 is 1.44. The monoisotopic (exact) mass is 446 g/mol. The van der Waals surface area contributed by atoms with Crippen molar-refractivity contribution in [3.8, 4) is 0 Å². The van der Waals surface area contributed by atoms with E-state index in [0.717, 1.165) is 10.5 Å². The van der Waals surface area contributed by atoms with Crippen molar-refractivity contribution in [2.75, 3.05) is 17.6 Å². The fraction of sp³-hybridized carbons (Fsp3) is 0.364.